The van der Waals surface area contributed by atoms with E-state index in [0.717, 1.165) is 4.32 Å². The van der Waals surface area contributed by atoms with E-state index in [1.54, 1.807) is 0 Å². The van der Waals surface area contributed by atoms with Crippen LogP contribution >= 0.6 is 24.0 Å². The van der Waals surface area contributed by atoms with Crippen LogP contribution in [0.4, 0.5) is 0 Å². The summed E-state index contributed by atoms with van der Waals surface area (Å²) in [6.45, 7) is 0. The summed E-state index contributed by atoms with van der Waals surface area (Å²) in [5.41, 5.74) is 0. The average Bonchev–Trinajstić information content (AvgIpc) is 2.17. The van der Waals surface area contributed by atoms with Gasteiger partial charge in [0.05, 0.1) is 17.5 Å². The zero-order chi connectivity index (χ0) is 8.06. The standard InChI is InChI=1S/C5H7NO2S3/c7-11(8)1-3-4(2-11)10-5(9)6-3/h3-4H,1-2H2,(H,6,9)/t3-,4+/m1/s1. The third kappa shape index (κ3) is 1.39. The first-order valence-electron chi connectivity index (χ1n) is 3.24. The van der Waals surface area contributed by atoms with Crippen LogP contribution in [0.25, 0.3) is 0 Å². The van der Waals surface area contributed by atoms with Gasteiger partial charge in [-0.15, -0.1) is 0 Å². The molecule has 0 saturated carbocycles. The van der Waals surface area contributed by atoms with Crippen LogP contribution in [-0.4, -0.2) is 35.5 Å². The van der Waals surface area contributed by atoms with Crippen LogP contribution in [0.3, 0.4) is 0 Å². The minimum Gasteiger partial charge on any atom is -0.366 e. The van der Waals surface area contributed by atoms with Gasteiger partial charge in [0.25, 0.3) is 0 Å². The predicted molar refractivity (Wildman–Crippen MR) is 49.6 cm³/mol. The fourth-order valence-corrected chi connectivity index (χ4v) is 5.48. The largest absolute Gasteiger partial charge is 0.366 e. The molecule has 2 aliphatic rings. The molecule has 1 N–H and O–H groups in total. The number of rotatable bonds is 0. The van der Waals surface area contributed by atoms with Gasteiger partial charge >= 0.3 is 0 Å². The van der Waals surface area contributed by atoms with Gasteiger partial charge in [0, 0.05) is 5.25 Å². The Bertz CT molecular complexity index is 275. The molecule has 2 rings (SSSR count). The molecule has 0 aromatic carbocycles. The van der Waals surface area contributed by atoms with Gasteiger partial charge in [-0.3, -0.25) is 0 Å². The minimum atomic E-state index is -2.77. The first-order chi connectivity index (χ1) is 5.07. The van der Waals surface area contributed by atoms with Gasteiger partial charge in [0.2, 0.25) is 0 Å². The highest BCUT2D eigenvalue weighted by Gasteiger charge is 2.43. The van der Waals surface area contributed by atoms with Crippen molar-refractivity contribution in [3.63, 3.8) is 0 Å². The summed E-state index contributed by atoms with van der Waals surface area (Å²) in [4.78, 5) is 0. The molecule has 0 bridgehead atoms. The monoisotopic (exact) mass is 209 g/mol. The highest BCUT2D eigenvalue weighted by Crippen LogP contribution is 2.30. The Labute approximate surface area is 74.8 Å². The molecule has 2 aliphatic heterocycles. The fourth-order valence-electron chi connectivity index (χ4n) is 1.39. The lowest BCUT2D eigenvalue weighted by molar-refractivity contribution is 0.600. The van der Waals surface area contributed by atoms with Crippen molar-refractivity contribution in [1.82, 2.24) is 5.32 Å². The third-order valence-corrected chi connectivity index (χ3v) is 5.34. The van der Waals surface area contributed by atoms with E-state index in [1.165, 1.54) is 11.8 Å². The minimum absolute atomic E-state index is 0.0810. The molecule has 0 amide bonds. The SMILES string of the molecule is O=S1(=O)C[C@@H]2SC(=S)N[C@@H]2C1. The lowest BCUT2D eigenvalue weighted by Crippen LogP contribution is -2.30. The third-order valence-electron chi connectivity index (χ3n) is 1.86. The molecule has 2 fully saturated rings. The van der Waals surface area contributed by atoms with E-state index in [4.69, 9.17) is 12.2 Å². The quantitative estimate of drug-likeness (QED) is 0.559. The van der Waals surface area contributed by atoms with E-state index in [1.807, 2.05) is 0 Å². The van der Waals surface area contributed by atoms with Crippen LogP contribution in [0.1, 0.15) is 0 Å². The Hall–Kier alpha value is 0.190. The normalized spacial score (nSPS) is 40.2. The molecular weight excluding hydrogens is 202 g/mol. The highest BCUT2D eigenvalue weighted by molar-refractivity contribution is 8.24. The number of nitrogens with one attached hydrogen (secondary N) is 1. The second-order valence-electron chi connectivity index (χ2n) is 2.77. The van der Waals surface area contributed by atoms with Gasteiger partial charge in [0.15, 0.2) is 9.84 Å². The van der Waals surface area contributed by atoms with E-state index >= 15 is 0 Å². The summed E-state index contributed by atoms with van der Waals surface area (Å²) in [5, 5.41) is 3.16. The molecule has 0 aliphatic carbocycles. The first kappa shape index (κ1) is 7.82. The summed E-state index contributed by atoms with van der Waals surface area (Å²) >= 11 is 6.38. The van der Waals surface area contributed by atoms with E-state index in [0.29, 0.717) is 0 Å². The van der Waals surface area contributed by atoms with Crippen molar-refractivity contribution in [2.45, 2.75) is 11.3 Å². The highest BCUT2D eigenvalue weighted by atomic mass is 32.2. The van der Waals surface area contributed by atoms with Crippen LogP contribution in [0.2, 0.25) is 0 Å². The van der Waals surface area contributed by atoms with Crippen molar-refractivity contribution in [2.75, 3.05) is 11.5 Å². The number of thiocarbonyl (C=S) groups is 1. The van der Waals surface area contributed by atoms with Crippen molar-refractivity contribution >= 4 is 38.1 Å². The molecule has 62 valence electrons. The van der Waals surface area contributed by atoms with Gasteiger partial charge in [-0.05, 0) is 0 Å². The Balaban J connectivity index is 2.22. The zero-order valence-electron chi connectivity index (χ0n) is 5.61. The molecule has 2 saturated heterocycles. The smallest absolute Gasteiger partial charge is 0.153 e. The lowest BCUT2D eigenvalue weighted by atomic mass is 10.3. The van der Waals surface area contributed by atoms with Gasteiger partial charge in [0.1, 0.15) is 4.32 Å². The van der Waals surface area contributed by atoms with Crippen LogP contribution in [-0.2, 0) is 9.84 Å². The van der Waals surface area contributed by atoms with Crippen molar-refractivity contribution in [3.05, 3.63) is 0 Å². The number of thioether (sulfide) groups is 1. The predicted octanol–water partition coefficient (Wildman–Crippen LogP) is -0.227. The van der Waals surface area contributed by atoms with Gasteiger partial charge in [-0.2, -0.15) is 0 Å². The summed E-state index contributed by atoms with van der Waals surface area (Å²) in [7, 11) is -2.77. The van der Waals surface area contributed by atoms with Crippen molar-refractivity contribution in [1.29, 1.82) is 0 Å². The molecule has 0 radical (unpaired) electrons. The second-order valence-corrected chi connectivity index (χ2v) is 6.84. The summed E-state index contributed by atoms with van der Waals surface area (Å²) < 4.78 is 22.9. The summed E-state index contributed by atoms with van der Waals surface area (Å²) in [5.74, 6) is 0.542. The van der Waals surface area contributed by atoms with Crippen molar-refractivity contribution < 1.29 is 8.42 Å². The molecule has 3 nitrogen and oxygen atoms in total. The van der Waals surface area contributed by atoms with E-state index in [2.05, 4.69) is 5.32 Å². The number of fused-ring (bicyclic) bond motifs is 1. The topological polar surface area (TPSA) is 46.2 Å². The fraction of sp³-hybridized carbons (Fsp3) is 0.800. The summed E-state index contributed by atoms with van der Waals surface area (Å²) in [6.07, 6.45) is 0. The molecule has 0 aromatic rings. The van der Waals surface area contributed by atoms with E-state index < -0.39 is 9.84 Å². The maximum Gasteiger partial charge on any atom is 0.153 e. The first-order valence-corrected chi connectivity index (χ1v) is 6.35. The molecular formula is C5H7NO2S3. The average molecular weight is 209 g/mol. The van der Waals surface area contributed by atoms with Crippen LogP contribution in [0.5, 0.6) is 0 Å². The van der Waals surface area contributed by atoms with Crippen LogP contribution < -0.4 is 5.32 Å². The molecule has 2 heterocycles. The maximum absolute atomic E-state index is 11.1. The lowest BCUT2D eigenvalue weighted by Gasteiger charge is -2.02. The van der Waals surface area contributed by atoms with E-state index in [9.17, 15) is 8.42 Å². The number of hydrogen-bond acceptors (Lipinski definition) is 4. The van der Waals surface area contributed by atoms with E-state index in [-0.39, 0.29) is 22.8 Å². The Kier molecular flexibility index (Phi) is 1.66. The summed E-state index contributed by atoms with van der Waals surface area (Å²) in [6, 6.07) is 0.0810. The zero-order valence-corrected chi connectivity index (χ0v) is 8.06. The maximum atomic E-state index is 11.1. The Morgan fingerprint density at radius 2 is 2.27 bits per heavy atom. The number of sulfone groups is 1. The van der Waals surface area contributed by atoms with Crippen molar-refractivity contribution in [2.24, 2.45) is 0 Å². The molecule has 0 spiro atoms. The van der Waals surface area contributed by atoms with Crippen molar-refractivity contribution in [3.8, 4) is 0 Å². The van der Waals surface area contributed by atoms with Gasteiger partial charge in [-0.1, -0.05) is 24.0 Å². The Morgan fingerprint density at radius 3 is 2.91 bits per heavy atom. The van der Waals surface area contributed by atoms with Gasteiger partial charge in [-0.25, -0.2) is 8.42 Å². The van der Waals surface area contributed by atoms with Crippen LogP contribution in [0.15, 0.2) is 0 Å². The second kappa shape index (κ2) is 2.34. The number of hydrogen-bond donors (Lipinski definition) is 1. The molecule has 2 atom stereocenters. The molecule has 0 unspecified atom stereocenters. The molecule has 6 heteroatoms. The van der Waals surface area contributed by atoms with Crippen LogP contribution in [0, 0.1) is 0 Å². The Morgan fingerprint density at radius 1 is 1.55 bits per heavy atom. The molecule has 11 heavy (non-hydrogen) atoms. The van der Waals surface area contributed by atoms with Gasteiger partial charge < -0.3 is 5.32 Å². The molecule has 0 aromatic heterocycles.